The summed E-state index contributed by atoms with van der Waals surface area (Å²) in [4.78, 5) is 0.200. The Balaban J connectivity index is 3.05. The summed E-state index contributed by atoms with van der Waals surface area (Å²) < 4.78 is 29.0. The van der Waals surface area contributed by atoms with E-state index in [1.807, 2.05) is 20.8 Å². The number of hydrogen-bond donors (Lipinski definition) is 0. The quantitative estimate of drug-likeness (QED) is 0.474. The van der Waals surface area contributed by atoms with E-state index in [2.05, 4.69) is 11.2 Å². The highest BCUT2D eigenvalue weighted by Crippen LogP contribution is 2.24. The van der Waals surface area contributed by atoms with Crippen LogP contribution >= 0.6 is 0 Å². The van der Waals surface area contributed by atoms with Crippen molar-refractivity contribution in [3.63, 3.8) is 0 Å². The van der Waals surface area contributed by atoms with Gasteiger partial charge >= 0.3 is 0 Å². The smallest absolute Gasteiger partial charge is 0.245 e. The van der Waals surface area contributed by atoms with Crippen molar-refractivity contribution < 1.29 is 13.2 Å². The molecule has 0 heterocycles. The lowest BCUT2D eigenvalue weighted by molar-refractivity contribution is 0.207. The minimum absolute atomic E-state index is 0.200. The van der Waals surface area contributed by atoms with Crippen molar-refractivity contribution in [1.29, 1.82) is 0 Å². The van der Waals surface area contributed by atoms with E-state index in [4.69, 9.17) is 4.74 Å². The van der Waals surface area contributed by atoms with Gasteiger partial charge in [-0.2, -0.15) is 0 Å². The zero-order valence-electron chi connectivity index (χ0n) is 11.6. The van der Waals surface area contributed by atoms with Gasteiger partial charge in [-0.1, -0.05) is 44.9 Å². The molecule has 0 fully saturated rings. The Hall–Kier alpha value is -1.73. The standard InChI is InChI=1S/C15H18O3S/c1-15(2,3)14(18-4)11-8-12-19(16,17)13-9-6-5-7-10-13/h5-7,9-11H,1-4H3/b14-11-. The van der Waals surface area contributed by atoms with E-state index < -0.39 is 9.84 Å². The number of hydrogen-bond acceptors (Lipinski definition) is 3. The van der Waals surface area contributed by atoms with Crippen LogP contribution in [-0.4, -0.2) is 15.5 Å². The molecule has 0 bridgehead atoms. The minimum Gasteiger partial charge on any atom is -0.500 e. The second-order valence-electron chi connectivity index (χ2n) is 5.03. The molecule has 3 nitrogen and oxygen atoms in total. The molecule has 1 aromatic carbocycles. The van der Waals surface area contributed by atoms with E-state index in [1.54, 1.807) is 25.3 Å². The third-order valence-corrected chi connectivity index (χ3v) is 3.69. The minimum atomic E-state index is -3.57. The van der Waals surface area contributed by atoms with E-state index in [0.29, 0.717) is 5.76 Å². The molecule has 102 valence electrons. The summed E-state index contributed by atoms with van der Waals surface area (Å²) in [5, 5.41) is 2.28. The lowest BCUT2D eigenvalue weighted by Gasteiger charge is -2.20. The molecule has 19 heavy (non-hydrogen) atoms. The van der Waals surface area contributed by atoms with Gasteiger partial charge in [0.05, 0.1) is 12.0 Å². The Morgan fingerprint density at radius 1 is 1.21 bits per heavy atom. The topological polar surface area (TPSA) is 43.4 Å². The molecular formula is C15H18O3S. The van der Waals surface area contributed by atoms with Gasteiger partial charge in [0.1, 0.15) is 5.76 Å². The second-order valence-corrected chi connectivity index (χ2v) is 6.71. The van der Waals surface area contributed by atoms with E-state index >= 15 is 0 Å². The largest absolute Gasteiger partial charge is 0.500 e. The first-order valence-corrected chi connectivity index (χ1v) is 7.33. The molecule has 0 unspecified atom stereocenters. The van der Waals surface area contributed by atoms with Crippen LogP contribution < -0.4 is 0 Å². The van der Waals surface area contributed by atoms with E-state index in [0.717, 1.165) is 0 Å². The Labute approximate surface area is 115 Å². The van der Waals surface area contributed by atoms with Crippen molar-refractivity contribution in [2.75, 3.05) is 7.11 Å². The summed E-state index contributed by atoms with van der Waals surface area (Å²) in [5.41, 5.74) is -0.208. The molecule has 0 saturated heterocycles. The molecule has 0 aromatic heterocycles. The number of rotatable bonds is 2. The first-order valence-electron chi connectivity index (χ1n) is 5.84. The average Bonchev–Trinajstić information content (AvgIpc) is 2.34. The van der Waals surface area contributed by atoms with Crippen LogP contribution in [0.25, 0.3) is 0 Å². The van der Waals surface area contributed by atoms with Gasteiger partial charge in [-0.15, -0.1) is 0 Å². The third-order valence-electron chi connectivity index (χ3n) is 2.41. The Bertz CT molecular complexity index is 609. The monoisotopic (exact) mass is 278 g/mol. The van der Waals surface area contributed by atoms with Crippen LogP contribution in [0.2, 0.25) is 0 Å². The number of sulfone groups is 1. The Morgan fingerprint density at radius 2 is 1.79 bits per heavy atom. The van der Waals surface area contributed by atoms with Gasteiger partial charge in [0, 0.05) is 16.7 Å². The van der Waals surface area contributed by atoms with Gasteiger partial charge < -0.3 is 4.74 Å². The van der Waals surface area contributed by atoms with Crippen LogP contribution in [0.5, 0.6) is 0 Å². The fourth-order valence-corrected chi connectivity index (χ4v) is 2.26. The Kier molecular flexibility index (Phi) is 4.79. The highest BCUT2D eigenvalue weighted by atomic mass is 32.2. The van der Waals surface area contributed by atoms with E-state index in [9.17, 15) is 8.42 Å². The maximum absolute atomic E-state index is 11.9. The number of methoxy groups -OCH3 is 1. The van der Waals surface area contributed by atoms with Crippen molar-refractivity contribution in [2.45, 2.75) is 25.7 Å². The molecule has 0 N–H and O–H groups in total. The first kappa shape index (κ1) is 15.3. The summed E-state index contributed by atoms with van der Waals surface area (Å²) in [6, 6.07) is 8.14. The molecule has 0 amide bonds. The fourth-order valence-electron chi connectivity index (χ4n) is 1.41. The highest BCUT2D eigenvalue weighted by Gasteiger charge is 2.17. The van der Waals surface area contributed by atoms with E-state index in [-0.39, 0.29) is 10.3 Å². The highest BCUT2D eigenvalue weighted by molar-refractivity contribution is 7.96. The molecular weight excluding hydrogens is 260 g/mol. The normalized spacial score (nSPS) is 12.5. The van der Waals surface area contributed by atoms with Crippen molar-refractivity contribution in [3.8, 4) is 11.2 Å². The molecule has 0 aliphatic rings. The van der Waals surface area contributed by atoms with Gasteiger partial charge in [0.2, 0.25) is 9.84 Å². The van der Waals surface area contributed by atoms with Gasteiger partial charge in [-0.05, 0) is 12.1 Å². The zero-order chi connectivity index (χ0) is 14.5. The molecule has 0 atom stereocenters. The summed E-state index contributed by atoms with van der Waals surface area (Å²) >= 11 is 0. The van der Waals surface area contributed by atoms with Gasteiger partial charge in [0.15, 0.2) is 0 Å². The molecule has 1 aromatic rings. The number of allylic oxidation sites excluding steroid dienone is 2. The average molecular weight is 278 g/mol. The molecule has 0 radical (unpaired) electrons. The summed E-state index contributed by atoms with van der Waals surface area (Å²) in [7, 11) is -2.02. The third kappa shape index (κ3) is 4.46. The maximum Gasteiger partial charge on any atom is 0.245 e. The maximum atomic E-state index is 11.9. The van der Waals surface area contributed by atoms with Crippen LogP contribution in [0.15, 0.2) is 47.1 Å². The SMILES string of the molecule is CO/C(=C\C#CS(=O)(=O)c1ccccc1)C(C)(C)C. The fraction of sp³-hybridized carbons (Fsp3) is 0.333. The first-order chi connectivity index (χ1) is 8.77. The molecule has 1 rings (SSSR count). The van der Waals surface area contributed by atoms with Gasteiger partial charge in [0.25, 0.3) is 0 Å². The van der Waals surface area contributed by atoms with Crippen LogP contribution in [0.4, 0.5) is 0 Å². The van der Waals surface area contributed by atoms with Crippen LogP contribution in [0, 0.1) is 16.6 Å². The summed E-state index contributed by atoms with van der Waals surface area (Å²) in [5.74, 6) is 3.20. The molecule has 0 aliphatic carbocycles. The lowest BCUT2D eigenvalue weighted by atomic mass is 9.93. The van der Waals surface area contributed by atoms with Crippen LogP contribution in [0.1, 0.15) is 20.8 Å². The zero-order valence-corrected chi connectivity index (χ0v) is 12.4. The molecule has 4 heteroatoms. The van der Waals surface area contributed by atoms with Gasteiger partial charge in [-0.3, -0.25) is 0 Å². The Morgan fingerprint density at radius 3 is 2.26 bits per heavy atom. The van der Waals surface area contributed by atoms with Crippen LogP contribution in [0.3, 0.4) is 0 Å². The van der Waals surface area contributed by atoms with Crippen molar-refractivity contribution >= 4 is 9.84 Å². The van der Waals surface area contributed by atoms with Crippen molar-refractivity contribution in [3.05, 3.63) is 42.2 Å². The van der Waals surface area contributed by atoms with Crippen molar-refractivity contribution in [2.24, 2.45) is 5.41 Å². The van der Waals surface area contributed by atoms with Crippen molar-refractivity contribution in [1.82, 2.24) is 0 Å². The molecule has 0 spiro atoms. The molecule has 0 aliphatic heterocycles. The van der Waals surface area contributed by atoms with Crippen LogP contribution in [-0.2, 0) is 14.6 Å². The number of ether oxygens (including phenoxy) is 1. The predicted octanol–water partition coefficient (Wildman–Crippen LogP) is 3.00. The summed E-state index contributed by atoms with van der Waals surface area (Å²) in [6.45, 7) is 5.90. The summed E-state index contributed by atoms with van der Waals surface area (Å²) in [6.07, 6.45) is 1.50. The number of benzene rings is 1. The lowest BCUT2D eigenvalue weighted by Crippen LogP contribution is -2.10. The molecule has 0 saturated carbocycles. The predicted molar refractivity (Wildman–Crippen MR) is 76.0 cm³/mol. The van der Waals surface area contributed by atoms with E-state index in [1.165, 1.54) is 18.2 Å². The van der Waals surface area contributed by atoms with Gasteiger partial charge in [-0.25, -0.2) is 8.42 Å². The second kappa shape index (κ2) is 5.94.